The van der Waals surface area contributed by atoms with E-state index in [0.29, 0.717) is 18.7 Å². The number of carbonyl (C=O) groups excluding carboxylic acids is 1. The summed E-state index contributed by atoms with van der Waals surface area (Å²) in [6.07, 6.45) is 3.82. The largest absolute Gasteiger partial charge is 0.355 e. The molecule has 0 aromatic heterocycles. The zero-order valence-corrected chi connectivity index (χ0v) is 12.1. The molecule has 5 heteroatoms. The number of aryl methyl sites for hydroxylation is 1. The van der Waals surface area contributed by atoms with Crippen molar-refractivity contribution < 1.29 is 9.00 Å². The maximum absolute atomic E-state index is 11.7. The van der Waals surface area contributed by atoms with Gasteiger partial charge in [0.25, 0.3) is 0 Å². The first-order valence-corrected chi connectivity index (χ1v) is 8.19. The van der Waals surface area contributed by atoms with E-state index in [2.05, 4.69) is 5.32 Å². The fourth-order valence-corrected chi connectivity index (χ4v) is 2.27. The second-order valence-electron chi connectivity index (χ2n) is 4.55. The third-order valence-electron chi connectivity index (χ3n) is 2.83. The zero-order chi connectivity index (χ0) is 14.1. The predicted octanol–water partition coefficient (Wildman–Crippen LogP) is 0.831. The van der Waals surface area contributed by atoms with Crippen molar-refractivity contribution >= 4 is 16.7 Å². The Hall–Kier alpha value is -1.20. The summed E-state index contributed by atoms with van der Waals surface area (Å²) in [5.41, 5.74) is 7.02. The van der Waals surface area contributed by atoms with Crippen LogP contribution in [0.25, 0.3) is 0 Å². The lowest BCUT2D eigenvalue weighted by Crippen LogP contribution is -2.41. The van der Waals surface area contributed by atoms with Crippen LogP contribution in [0.2, 0.25) is 0 Å². The number of carbonyl (C=O) groups is 1. The molecule has 0 fully saturated rings. The first kappa shape index (κ1) is 15.9. The van der Waals surface area contributed by atoms with Gasteiger partial charge in [0.15, 0.2) is 0 Å². The van der Waals surface area contributed by atoms with Gasteiger partial charge in [0.1, 0.15) is 0 Å². The molecular formula is C14H22N2O2S. The number of nitrogens with one attached hydrogen (secondary N) is 1. The lowest BCUT2D eigenvalue weighted by Gasteiger charge is -2.12. The van der Waals surface area contributed by atoms with Gasteiger partial charge in [-0.2, -0.15) is 0 Å². The number of rotatable bonds is 8. The topological polar surface area (TPSA) is 72.2 Å². The molecule has 4 nitrogen and oxygen atoms in total. The van der Waals surface area contributed by atoms with Crippen LogP contribution in [0.3, 0.4) is 0 Å². The smallest absolute Gasteiger partial charge is 0.236 e. The van der Waals surface area contributed by atoms with Crippen LogP contribution in [-0.2, 0) is 22.0 Å². The van der Waals surface area contributed by atoms with Gasteiger partial charge in [-0.3, -0.25) is 9.00 Å². The number of amides is 1. The highest BCUT2D eigenvalue weighted by molar-refractivity contribution is 7.84. The lowest BCUT2D eigenvalue weighted by atomic mass is 10.1. The van der Waals surface area contributed by atoms with E-state index in [-0.39, 0.29) is 5.91 Å². The summed E-state index contributed by atoms with van der Waals surface area (Å²) in [4.78, 5) is 11.7. The summed E-state index contributed by atoms with van der Waals surface area (Å²) in [7, 11) is -0.802. The number of hydrogen-bond acceptors (Lipinski definition) is 3. The molecule has 0 radical (unpaired) electrons. The average molecular weight is 282 g/mol. The number of nitrogens with two attached hydrogens (primary N) is 1. The molecule has 1 aromatic carbocycles. The lowest BCUT2D eigenvalue weighted by molar-refractivity contribution is -0.122. The highest BCUT2D eigenvalue weighted by Crippen LogP contribution is 2.04. The van der Waals surface area contributed by atoms with E-state index in [1.807, 2.05) is 30.3 Å². The summed E-state index contributed by atoms with van der Waals surface area (Å²) >= 11 is 0. The van der Waals surface area contributed by atoms with Crippen LogP contribution in [0.5, 0.6) is 0 Å². The van der Waals surface area contributed by atoms with Gasteiger partial charge >= 0.3 is 0 Å². The second-order valence-corrected chi connectivity index (χ2v) is 6.11. The van der Waals surface area contributed by atoms with Crippen LogP contribution in [0, 0.1) is 0 Å². The minimum absolute atomic E-state index is 0.127. The third kappa shape index (κ3) is 7.08. The van der Waals surface area contributed by atoms with Crippen molar-refractivity contribution in [2.24, 2.45) is 5.73 Å². The van der Waals surface area contributed by atoms with Crippen LogP contribution in [0.15, 0.2) is 30.3 Å². The molecule has 19 heavy (non-hydrogen) atoms. The molecule has 1 rings (SSSR count). The highest BCUT2D eigenvalue weighted by atomic mass is 32.2. The van der Waals surface area contributed by atoms with Crippen molar-refractivity contribution in [1.82, 2.24) is 5.32 Å². The predicted molar refractivity (Wildman–Crippen MR) is 79.3 cm³/mol. The Labute approximate surface area is 117 Å². The van der Waals surface area contributed by atoms with E-state index in [1.165, 1.54) is 5.56 Å². The molecule has 0 saturated heterocycles. The van der Waals surface area contributed by atoms with Gasteiger partial charge in [0.2, 0.25) is 5.91 Å². The molecule has 0 heterocycles. The maximum atomic E-state index is 11.7. The van der Waals surface area contributed by atoms with Crippen molar-refractivity contribution in [3.63, 3.8) is 0 Å². The summed E-state index contributed by atoms with van der Waals surface area (Å²) in [6, 6.07) is 9.50. The van der Waals surface area contributed by atoms with Gasteiger partial charge in [-0.25, -0.2) is 0 Å². The molecule has 0 bridgehead atoms. The summed E-state index contributed by atoms with van der Waals surface area (Å²) in [5, 5.41) is 2.78. The van der Waals surface area contributed by atoms with Crippen molar-refractivity contribution in [2.75, 3.05) is 18.6 Å². The summed E-state index contributed by atoms with van der Waals surface area (Å²) < 4.78 is 10.9. The van der Waals surface area contributed by atoms with E-state index in [1.54, 1.807) is 6.26 Å². The zero-order valence-electron chi connectivity index (χ0n) is 11.3. The molecule has 0 aliphatic carbocycles. The second kappa shape index (κ2) is 8.82. The molecular weight excluding hydrogens is 260 g/mol. The monoisotopic (exact) mass is 282 g/mol. The Kier molecular flexibility index (Phi) is 7.36. The molecule has 106 valence electrons. The van der Waals surface area contributed by atoms with E-state index in [9.17, 15) is 9.00 Å². The van der Waals surface area contributed by atoms with Gasteiger partial charge in [0.05, 0.1) is 6.04 Å². The maximum Gasteiger partial charge on any atom is 0.236 e. The van der Waals surface area contributed by atoms with E-state index in [4.69, 9.17) is 5.73 Å². The molecule has 0 saturated carbocycles. The number of benzene rings is 1. The van der Waals surface area contributed by atoms with Crippen molar-refractivity contribution in [3.8, 4) is 0 Å². The molecule has 1 amide bonds. The van der Waals surface area contributed by atoms with E-state index >= 15 is 0 Å². The Morgan fingerprint density at radius 1 is 1.37 bits per heavy atom. The van der Waals surface area contributed by atoms with Gasteiger partial charge < -0.3 is 11.1 Å². The van der Waals surface area contributed by atoms with Crippen molar-refractivity contribution in [3.05, 3.63) is 35.9 Å². The molecule has 2 unspecified atom stereocenters. The normalized spacial score (nSPS) is 13.8. The quantitative estimate of drug-likeness (QED) is 0.694. The van der Waals surface area contributed by atoms with Gasteiger partial charge in [-0.15, -0.1) is 0 Å². The van der Waals surface area contributed by atoms with Crippen LogP contribution in [-0.4, -0.2) is 34.7 Å². The first-order valence-electron chi connectivity index (χ1n) is 6.47. The van der Waals surface area contributed by atoms with Crippen molar-refractivity contribution in [1.29, 1.82) is 0 Å². The average Bonchev–Trinajstić information content (AvgIpc) is 2.41. The van der Waals surface area contributed by atoms with Crippen LogP contribution in [0.4, 0.5) is 0 Å². The molecule has 0 aliphatic heterocycles. The Morgan fingerprint density at radius 3 is 2.68 bits per heavy atom. The fraction of sp³-hybridized carbons (Fsp3) is 0.500. The molecule has 1 aromatic rings. The third-order valence-corrected chi connectivity index (χ3v) is 3.70. The van der Waals surface area contributed by atoms with Gasteiger partial charge in [-0.1, -0.05) is 30.3 Å². The number of hydrogen-bond donors (Lipinski definition) is 2. The fourth-order valence-electron chi connectivity index (χ4n) is 1.72. The first-order chi connectivity index (χ1) is 9.09. The Morgan fingerprint density at radius 2 is 2.05 bits per heavy atom. The minimum atomic E-state index is -0.802. The molecule has 2 atom stereocenters. The van der Waals surface area contributed by atoms with Crippen LogP contribution < -0.4 is 11.1 Å². The van der Waals surface area contributed by atoms with Crippen molar-refractivity contribution in [2.45, 2.75) is 25.3 Å². The standard InChI is InChI=1S/C14H22N2O2S/c1-19(18)11-5-10-16-14(17)13(15)9-8-12-6-3-2-4-7-12/h2-4,6-7,13H,5,8-11,15H2,1H3,(H,16,17). The Bertz CT molecular complexity index is 409. The van der Waals surface area contributed by atoms with E-state index in [0.717, 1.165) is 12.8 Å². The van der Waals surface area contributed by atoms with Gasteiger partial charge in [-0.05, 0) is 24.8 Å². The SMILES string of the molecule is CS(=O)CCCNC(=O)C(N)CCc1ccccc1. The molecule has 0 aliphatic rings. The highest BCUT2D eigenvalue weighted by Gasteiger charge is 2.12. The van der Waals surface area contributed by atoms with E-state index < -0.39 is 16.8 Å². The summed E-state index contributed by atoms with van der Waals surface area (Å²) in [5.74, 6) is 0.484. The molecule has 3 N–H and O–H groups in total. The minimum Gasteiger partial charge on any atom is -0.355 e. The van der Waals surface area contributed by atoms with Crippen LogP contribution >= 0.6 is 0 Å². The Balaban J connectivity index is 2.20. The van der Waals surface area contributed by atoms with Crippen LogP contribution in [0.1, 0.15) is 18.4 Å². The summed E-state index contributed by atoms with van der Waals surface area (Å²) in [6.45, 7) is 0.539. The molecule has 0 spiro atoms. The van der Waals surface area contributed by atoms with Gasteiger partial charge in [0, 0.05) is 29.4 Å².